The van der Waals surface area contributed by atoms with Crippen molar-refractivity contribution in [1.29, 1.82) is 0 Å². The third-order valence-electron chi connectivity index (χ3n) is 2.31. The van der Waals surface area contributed by atoms with Gasteiger partial charge >= 0.3 is 0 Å². The first-order valence-electron chi connectivity index (χ1n) is 5.00. The van der Waals surface area contributed by atoms with E-state index in [0.29, 0.717) is 12.1 Å². The molecular weight excluding hydrogens is 238 g/mol. The summed E-state index contributed by atoms with van der Waals surface area (Å²) >= 11 is 4.77. The van der Waals surface area contributed by atoms with E-state index in [1.165, 1.54) is 0 Å². The molecule has 2 aromatic rings. The first kappa shape index (κ1) is 11.5. The standard InChI is InChI=1S/C11H11N3O2S/c1-16-8-4-2-7(3-5-8)6-9-10(15)12-11(17)14-13-9/h2-5H,6H2,1H3,(H2,12,14,15,17). The summed E-state index contributed by atoms with van der Waals surface area (Å²) in [6.07, 6.45) is 0.450. The molecule has 1 aromatic carbocycles. The molecule has 5 nitrogen and oxygen atoms in total. The number of methoxy groups -OCH3 is 1. The fraction of sp³-hybridized carbons (Fsp3) is 0.182. The smallest absolute Gasteiger partial charge is 0.273 e. The van der Waals surface area contributed by atoms with Crippen LogP contribution in [0.1, 0.15) is 11.3 Å². The minimum atomic E-state index is -0.260. The van der Waals surface area contributed by atoms with Crippen molar-refractivity contribution in [2.24, 2.45) is 0 Å². The summed E-state index contributed by atoms with van der Waals surface area (Å²) in [5.74, 6) is 0.781. The molecule has 88 valence electrons. The molecule has 6 heteroatoms. The van der Waals surface area contributed by atoms with Crippen molar-refractivity contribution < 1.29 is 4.74 Å². The molecule has 0 saturated heterocycles. The molecule has 0 aliphatic heterocycles. The second kappa shape index (κ2) is 4.92. The summed E-state index contributed by atoms with van der Waals surface area (Å²) in [6, 6.07) is 7.46. The number of H-pyrrole nitrogens is 2. The van der Waals surface area contributed by atoms with E-state index in [1.54, 1.807) is 7.11 Å². The highest BCUT2D eigenvalue weighted by molar-refractivity contribution is 7.71. The van der Waals surface area contributed by atoms with Gasteiger partial charge < -0.3 is 4.74 Å². The molecule has 0 saturated carbocycles. The average molecular weight is 249 g/mol. The van der Waals surface area contributed by atoms with E-state index in [-0.39, 0.29) is 10.3 Å². The Balaban J connectivity index is 2.25. The molecule has 0 amide bonds. The maximum absolute atomic E-state index is 11.5. The van der Waals surface area contributed by atoms with E-state index in [1.807, 2.05) is 24.3 Å². The Morgan fingerprint density at radius 3 is 2.65 bits per heavy atom. The van der Waals surface area contributed by atoms with E-state index in [0.717, 1.165) is 11.3 Å². The lowest BCUT2D eigenvalue weighted by Crippen LogP contribution is -2.16. The summed E-state index contributed by atoms with van der Waals surface area (Å²) in [7, 11) is 1.61. The van der Waals surface area contributed by atoms with Gasteiger partial charge in [0, 0.05) is 6.42 Å². The first-order valence-corrected chi connectivity index (χ1v) is 5.40. The molecular formula is C11H11N3O2S. The van der Waals surface area contributed by atoms with Gasteiger partial charge in [-0.05, 0) is 29.9 Å². The number of aromatic nitrogens is 3. The van der Waals surface area contributed by atoms with Gasteiger partial charge in [-0.3, -0.25) is 14.9 Å². The van der Waals surface area contributed by atoms with Gasteiger partial charge in [0.25, 0.3) is 5.56 Å². The van der Waals surface area contributed by atoms with Crippen molar-refractivity contribution in [2.75, 3.05) is 7.11 Å². The van der Waals surface area contributed by atoms with Crippen molar-refractivity contribution in [3.8, 4) is 5.75 Å². The van der Waals surface area contributed by atoms with Gasteiger partial charge in [0.05, 0.1) is 7.11 Å². The minimum absolute atomic E-state index is 0.230. The normalized spacial score (nSPS) is 10.2. The van der Waals surface area contributed by atoms with E-state index < -0.39 is 0 Å². The lowest BCUT2D eigenvalue weighted by Gasteiger charge is -2.02. The van der Waals surface area contributed by atoms with Gasteiger partial charge in [-0.15, -0.1) is 0 Å². The molecule has 0 atom stereocenters. The number of benzene rings is 1. The summed E-state index contributed by atoms with van der Waals surface area (Å²) in [6.45, 7) is 0. The van der Waals surface area contributed by atoms with Crippen LogP contribution in [0.5, 0.6) is 5.75 Å². The number of ether oxygens (including phenoxy) is 1. The van der Waals surface area contributed by atoms with Crippen LogP contribution < -0.4 is 10.3 Å². The summed E-state index contributed by atoms with van der Waals surface area (Å²) in [5.41, 5.74) is 1.13. The molecule has 0 aliphatic carbocycles. The van der Waals surface area contributed by atoms with Gasteiger partial charge in [0.15, 0.2) is 4.77 Å². The van der Waals surface area contributed by atoms with Gasteiger partial charge in [-0.25, -0.2) is 0 Å². The molecule has 0 aliphatic rings. The van der Waals surface area contributed by atoms with Crippen LogP contribution in [-0.4, -0.2) is 22.3 Å². The van der Waals surface area contributed by atoms with Crippen molar-refractivity contribution in [3.63, 3.8) is 0 Å². The van der Waals surface area contributed by atoms with E-state index in [4.69, 9.17) is 17.0 Å². The fourth-order valence-corrected chi connectivity index (χ4v) is 1.57. The van der Waals surface area contributed by atoms with Crippen LogP contribution >= 0.6 is 12.2 Å². The molecule has 1 heterocycles. The Kier molecular flexibility index (Phi) is 3.34. The van der Waals surface area contributed by atoms with Crippen molar-refractivity contribution in [3.05, 3.63) is 50.6 Å². The zero-order valence-corrected chi connectivity index (χ0v) is 10.0. The van der Waals surface area contributed by atoms with Gasteiger partial charge in [0.2, 0.25) is 0 Å². The third-order valence-corrected chi connectivity index (χ3v) is 2.51. The van der Waals surface area contributed by atoms with Crippen LogP contribution in [-0.2, 0) is 6.42 Å². The lowest BCUT2D eigenvalue weighted by molar-refractivity contribution is 0.414. The summed E-state index contributed by atoms with van der Waals surface area (Å²) in [4.78, 5) is 14.0. The Bertz CT molecular complexity index is 616. The quantitative estimate of drug-likeness (QED) is 0.807. The zero-order valence-electron chi connectivity index (χ0n) is 9.19. The Labute approximate surface area is 102 Å². The van der Waals surface area contributed by atoms with Gasteiger partial charge in [0.1, 0.15) is 11.4 Å². The lowest BCUT2D eigenvalue weighted by atomic mass is 10.1. The second-order valence-electron chi connectivity index (χ2n) is 3.48. The van der Waals surface area contributed by atoms with Crippen LogP contribution in [0.15, 0.2) is 29.1 Å². The fourth-order valence-electron chi connectivity index (χ4n) is 1.43. The largest absolute Gasteiger partial charge is 0.497 e. The monoisotopic (exact) mass is 249 g/mol. The highest BCUT2D eigenvalue weighted by Gasteiger charge is 2.03. The Morgan fingerprint density at radius 2 is 2.06 bits per heavy atom. The maximum atomic E-state index is 11.5. The molecule has 1 aromatic heterocycles. The van der Waals surface area contributed by atoms with Crippen molar-refractivity contribution in [2.45, 2.75) is 6.42 Å². The van der Waals surface area contributed by atoms with Gasteiger partial charge in [-0.2, -0.15) is 5.10 Å². The number of hydrogen-bond acceptors (Lipinski definition) is 4. The number of aromatic amines is 2. The Hall–Kier alpha value is -1.95. The van der Waals surface area contributed by atoms with Crippen LogP contribution in [0.3, 0.4) is 0 Å². The van der Waals surface area contributed by atoms with E-state index in [9.17, 15) is 4.79 Å². The van der Waals surface area contributed by atoms with Gasteiger partial charge in [-0.1, -0.05) is 12.1 Å². The maximum Gasteiger partial charge on any atom is 0.273 e. The average Bonchev–Trinajstić information content (AvgIpc) is 2.34. The summed E-state index contributed by atoms with van der Waals surface area (Å²) in [5, 5.41) is 6.48. The first-order chi connectivity index (χ1) is 8.19. The summed E-state index contributed by atoms with van der Waals surface area (Å²) < 4.78 is 5.29. The minimum Gasteiger partial charge on any atom is -0.497 e. The predicted octanol–water partition coefficient (Wildman–Crippen LogP) is 1.43. The number of rotatable bonds is 3. The van der Waals surface area contributed by atoms with E-state index in [2.05, 4.69) is 15.2 Å². The number of hydrogen-bond donors (Lipinski definition) is 2. The van der Waals surface area contributed by atoms with Crippen LogP contribution in [0, 0.1) is 4.77 Å². The van der Waals surface area contributed by atoms with Crippen molar-refractivity contribution >= 4 is 12.2 Å². The molecule has 0 fully saturated rings. The van der Waals surface area contributed by atoms with Crippen molar-refractivity contribution in [1.82, 2.24) is 15.2 Å². The second-order valence-corrected chi connectivity index (χ2v) is 3.89. The number of nitrogens with one attached hydrogen (secondary N) is 2. The molecule has 2 N–H and O–H groups in total. The highest BCUT2D eigenvalue weighted by Crippen LogP contribution is 2.12. The molecule has 17 heavy (non-hydrogen) atoms. The molecule has 0 bridgehead atoms. The van der Waals surface area contributed by atoms with Crippen LogP contribution in [0.4, 0.5) is 0 Å². The predicted molar refractivity (Wildman–Crippen MR) is 65.8 cm³/mol. The Morgan fingerprint density at radius 1 is 1.35 bits per heavy atom. The van der Waals surface area contributed by atoms with Crippen LogP contribution in [0.25, 0.3) is 0 Å². The molecule has 0 radical (unpaired) electrons. The SMILES string of the molecule is COc1ccc(Cc2n[nH]c(=S)[nH]c2=O)cc1. The third kappa shape index (κ3) is 2.79. The molecule has 2 rings (SSSR count). The molecule has 0 unspecified atom stereocenters. The molecule has 0 spiro atoms. The van der Waals surface area contributed by atoms with E-state index >= 15 is 0 Å². The number of nitrogens with zero attached hydrogens (tertiary/aromatic N) is 1. The highest BCUT2D eigenvalue weighted by atomic mass is 32.1. The topological polar surface area (TPSA) is 70.8 Å². The van der Waals surface area contributed by atoms with Crippen LogP contribution in [0.2, 0.25) is 0 Å². The zero-order chi connectivity index (χ0) is 12.3.